The molecule has 1 N–H and O–H groups in total. The molecule has 1 amide bonds. The first kappa shape index (κ1) is 17.8. The Morgan fingerprint density at radius 3 is 2.78 bits per heavy atom. The summed E-state index contributed by atoms with van der Waals surface area (Å²) in [5.74, 6) is -0.0138. The number of pyridine rings is 1. The minimum atomic E-state index is -0.0138. The highest BCUT2D eigenvalue weighted by atomic mass is 32.2. The molecule has 27 heavy (non-hydrogen) atoms. The zero-order valence-corrected chi connectivity index (χ0v) is 16.0. The first-order valence-corrected chi connectivity index (χ1v) is 10.1. The van der Waals surface area contributed by atoms with Gasteiger partial charge in [0.05, 0.1) is 30.0 Å². The molecule has 1 fully saturated rings. The quantitative estimate of drug-likeness (QED) is 0.690. The Morgan fingerprint density at radius 2 is 1.96 bits per heavy atom. The van der Waals surface area contributed by atoms with E-state index in [1.165, 1.54) is 4.90 Å². The van der Waals surface area contributed by atoms with Crippen molar-refractivity contribution in [2.75, 3.05) is 37.9 Å². The van der Waals surface area contributed by atoms with Gasteiger partial charge in [-0.3, -0.25) is 9.78 Å². The lowest BCUT2D eigenvalue weighted by Gasteiger charge is -2.28. The molecule has 0 saturated carbocycles. The fraction of sp³-hybridized carbons (Fsp3) is 0.238. The van der Waals surface area contributed by atoms with Gasteiger partial charge in [0.15, 0.2) is 0 Å². The van der Waals surface area contributed by atoms with E-state index in [-0.39, 0.29) is 5.91 Å². The van der Waals surface area contributed by atoms with E-state index in [4.69, 9.17) is 4.74 Å². The number of para-hydroxylation sites is 1. The molecule has 2 aromatic carbocycles. The summed E-state index contributed by atoms with van der Waals surface area (Å²) in [4.78, 5) is 20.7. The lowest BCUT2D eigenvalue weighted by Crippen LogP contribution is -2.41. The fourth-order valence-corrected chi connectivity index (χ4v) is 3.68. The molecule has 0 bridgehead atoms. The van der Waals surface area contributed by atoms with Gasteiger partial charge in [-0.15, -0.1) is 11.8 Å². The second-order valence-electron chi connectivity index (χ2n) is 6.33. The van der Waals surface area contributed by atoms with Crippen LogP contribution in [0, 0.1) is 0 Å². The smallest absolute Gasteiger partial charge is 0.257 e. The molecule has 6 heteroatoms. The molecule has 4 rings (SSSR count). The Balaban J connectivity index is 1.78. The molecule has 1 aliphatic heterocycles. The predicted molar refractivity (Wildman–Crippen MR) is 110 cm³/mol. The number of nitrogens with zero attached hydrogens (tertiary/aromatic N) is 2. The van der Waals surface area contributed by atoms with E-state index in [9.17, 15) is 4.79 Å². The topological polar surface area (TPSA) is 54.5 Å². The zero-order valence-electron chi connectivity index (χ0n) is 15.1. The monoisotopic (exact) mass is 379 g/mol. The molecule has 1 aromatic heterocycles. The van der Waals surface area contributed by atoms with Crippen molar-refractivity contribution in [3.05, 3.63) is 60.3 Å². The Labute approximate surface area is 162 Å². The normalized spacial score (nSPS) is 14.3. The first-order valence-electron chi connectivity index (χ1n) is 8.92. The van der Waals surface area contributed by atoms with Crippen LogP contribution in [0.3, 0.4) is 0 Å². The van der Waals surface area contributed by atoms with E-state index in [1.54, 1.807) is 18.0 Å². The van der Waals surface area contributed by atoms with E-state index in [0.29, 0.717) is 31.9 Å². The lowest BCUT2D eigenvalue weighted by molar-refractivity contribution is 0.0303. The first-order chi connectivity index (χ1) is 13.3. The molecule has 138 valence electrons. The molecule has 5 nitrogen and oxygen atoms in total. The Hall–Kier alpha value is -2.57. The number of rotatable bonds is 4. The number of benzene rings is 2. The van der Waals surface area contributed by atoms with Crippen LogP contribution < -0.4 is 5.32 Å². The van der Waals surface area contributed by atoms with Crippen LogP contribution in [-0.2, 0) is 4.74 Å². The van der Waals surface area contributed by atoms with Crippen LogP contribution in [0.4, 0.5) is 11.4 Å². The van der Waals surface area contributed by atoms with Crippen LogP contribution >= 0.6 is 11.8 Å². The minimum Gasteiger partial charge on any atom is -0.378 e. The molecule has 3 aromatic rings. The van der Waals surface area contributed by atoms with Gasteiger partial charge >= 0.3 is 0 Å². The maximum absolute atomic E-state index is 13.2. The number of carbonyl (C=O) groups excluding carboxylic acids is 1. The summed E-state index contributed by atoms with van der Waals surface area (Å²) in [5.41, 5.74) is 3.20. The van der Waals surface area contributed by atoms with Gasteiger partial charge in [-0.2, -0.15) is 0 Å². The molecule has 0 atom stereocenters. The summed E-state index contributed by atoms with van der Waals surface area (Å²) < 4.78 is 5.38. The van der Waals surface area contributed by atoms with Crippen molar-refractivity contribution in [1.29, 1.82) is 0 Å². The molecule has 1 saturated heterocycles. The van der Waals surface area contributed by atoms with E-state index in [2.05, 4.69) is 22.4 Å². The summed E-state index contributed by atoms with van der Waals surface area (Å²) in [6, 6.07) is 16.1. The molecular formula is C21H21N3O2S. The van der Waals surface area contributed by atoms with E-state index < -0.39 is 0 Å². The Morgan fingerprint density at radius 1 is 1.15 bits per heavy atom. The lowest BCUT2D eigenvalue weighted by atomic mass is 10.1. The molecule has 0 spiro atoms. The van der Waals surface area contributed by atoms with Crippen molar-refractivity contribution in [2.45, 2.75) is 4.90 Å². The average molecular weight is 379 g/mol. The van der Waals surface area contributed by atoms with E-state index >= 15 is 0 Å². The Kier molecular flexibility index (Phi) is 5.27. The highest BCUT2D eigenvalue weighted by Gasteiger charge is 2.23. The summed E-state index contributed by atoms with van der Waals surface area (Å²) in [5, 5.41) is 4.41. The molecular weight excluding hydrogens is 358 g/mol. The van der Waals surface area contributed by atoms with Gasteiger partial charge < -0.3 is 15.0 Å². The number of nitrogens with one attached hydrogen (secondary N) is 1. The van der Waals surface area contributed by atoms with Gasteiger partial charge in [0.25, 0.3) is 5.91 Å². The summed E-state index contributed by atoms with van der Waals surface area (Å²) in [6.07, 6.45) is 3.73. The van der Waals surface area contributed by atoms with Crippen molar-refractivity contribution in [2.24, 2.45) is 0 Å². The summed E-state index contributed by atoms with van der Waals surface area (Å²) in [7, 11) is 0. The number of hydrogen-bond donors (Lipinski definition) is 1. The second-order valence-corrected chi connectivity index (χ2v) is 7.21. The van der Waals surface area contributed by atoms with Gasteiger partial charge in [0, 0.05) is 35.3 Å². The highest BCUT2D eigenvalue weighted by Crippen LogP contribution is 2.31. The number of thioether (sulfide) groups is 1. The van der Waals surface area contributed by atoms with Gasteiger partial charge in [-0.25, -0.2) is 0 Å². The van der Waals surface area contributed by atoms with Crippen molar-refractivity contribution >= 4 is 39.9 Å². The third-order valence-corrected chi connectivity index (χ3v) is 5.37. The number of fused-ring (bicyclic) bond motifs is 1. The molecule has 0 unspecified atom stereocenters. The number of anilines is 2. The standard InChI is InChI=1S/C21H21N3O2S/c1-27-16-6-4-5-15(13-16)23-20-17-7-2-3-8-19(17)22-14-18(20)21(25)24-9-11-26-12-10-24/h2-8,13-14H,9-12H2,1H3,(H,22,23). The van der Waals surface area contributed by atoms with Crippen LogP contribution in [0.25, 0.3) is 10.9 Å². The Bertz CT molecular complexity index is 971. The minimum absolute atomic E-state index is 0.0138. The second kappa shape index (κ2) is 7.98. The number of amides is 1. The number of ether oxygens (including phenoxy) is 1. The summed E-state index contributed by atoms with van der Waals surface area (Å²) >= 11 is 1.69. The van der Waals surface area contributed by atoms with E-state index in [1.807, 2.05) is 47.6 Å². The highest BCUT2D eigenvalue weighted by molar-refractivity contribution is 7.98. The SMILES string of the molecule is CSc1cccc(Nc2c(C(=O)N3CCOCC3)cnc3ccccc23)c1. The molecule has 1 aliphatic rings. The molecule has 0 radical (unpaired) electrons. The van der Waals surface area contributed by atoms with Gasteiger partial charge in [0.2, 0.25) is 0 Å². The zero-order chi connectivity index (χ0) is 18.6. The molecule has 2 heterocycles. The van der Waals surface area contributed by atoms with Crippen LogP contribution in [0.2, 0.25) is 0 Å². The van der Waals surface area contributed by atoms with Crippen LogP contribution in [-0.4, -0.2) is 48.4 Å². The third-order valence-electron chi connectivity index (χ3n) is 4.64. The van der Waals surface area contributed by atoms with Gasteiger partial charge in [0.1, 0.15) is 0 Å². The largest absolute Gasteiger partial charge is 0.378 e. The molecule has 0 aliphatic carbocycles. The predicted octanol–water partition coefficient (Wildman–Crippen LogP) is 4.17. The number of aromatic nitrogens is 1. The summed E-state index contributed by atoms with van der Waals surface area (Å²) in [6.45, 7) is 2.36. The van der Waals surface area contributed by atoms with Gasteiger partial charge in [-0.05, 0) is 30.5 Å². The third kappa shape index (κ3) is 3.77. The number of morpholine rings is 1. The van der Waals surface area contributed by atoms with E-state index in [0.717, 1.165) is 22.3 Å². The fourth-order valence-electron chi connectivity index (χ4n) is 3.22. The van der Waals surface area contributed by atoms with Crippen LogP contribution in [0.1, 0.15) is 10.4 Å². The number of hydrogen-bond acceptors (Lipinski definition) is 5. The average Bonchev–Trinajstić information content (AvgIpc) is 2.74. The van der Waals surface area contributed by atoms with Gasteiger partial charge in [-0.1, -0.05) is 24.3 Å². The maximum atomic E-state index is 13.2. The van der Waals surface area contributed by atoms with Crippen molar-refractivity contribution in [3.8, 4) is 0 Å². The van der Waals surface area contributed by atoms with Crippen molar-refractivity contribution < 1.29 is 9.53 Å². The van der Waals surface area contributed by atoms with Crippen LogP contribution in [0.5, 0.6) is 0 Å². The van der Waals surface area contributed by atoms with Crippen molar-refractivity contribution in [3.63, 3.8) is 0 Å². The van der Waals surface area contributed by atoms with Crippen LogP contribution in [0.15, 0.2) is 59.6 Å². The number of carbonyl (C=O) groups is 1. The maximum Gasteiger partial charge on any atom is 0.257 e. The van der Waals surface area contributed by atoms with Crippen molar-refractivity contribution in [1.82, 2.24) is 9.88 Å².